The molecule has 3 aromatic heterocycles. The Labute approximate surface area is 137 Å². The van der Waals surface area contributed by atoms with E-state index in [4.69, 9.17) is 4.42 Å². The molecule has 23 heavy (non-hydrogen) atoms. The third kappa shape index (κ3) is 3.88. The summed E-state index contributed by atoms with van der Waals surface area (Å²) in [5.74, 6) is 1.46. The Hall–Kier alpha value is -2.39. The lowest BCUT2D eigenvalue weighted by Crippen LogP contribution is -2.13. The highest BCUT2D eigenvalue weighted by Crippen LogP contribution is 2.22. The van der Waals surface area contributed by atoms with Crippen LogP contribution in [0.3, 0.4) is 0 Å². The Kier molecular flexibility index (Phi) is 4.30. The van der Waals surface area contributed by atoms with Crippen molar-refractivity contribution < 1.29 is 12.8 Å². The minimum absolute atomic E-state index is 0.166. The molecule has 0 aliphatic rings. The van der Waals surface area contributed by atoms with Gasteiger partial charge in [0.1, 0.15) is 15.8 Å². The summed E-state index contributed by atoms with van der Waals surface area (Å²) in [5, 5.41) is 10.8. The van der Waals surface area contributed by atoms with Crippen molar-refractivity contribution in [1.82, 2.24) is 10.2 Å². The third-order valence-corrected chi connectivity index (χ3v) is 5.76. The van der Waals surface area contributed by atoms with Gasteiger partial charge in [-0.3, -0.25) is 4.72 Å². The average Bonchev–Trinajstić information content (AvgIpc) is 3.18. The molecule has 0 spiro atoms. The number of aryl methyl sites for hydroxylation is 1. The SMILES string of the molecule is Cc1ccc(S(=O)(=O)Nc2ccc(NCc3ccco3)nn2)s1. The standard InChI is InChI=1S/C14H14N4O3S2/c1-10-4-7-14(22-10)23(19,20)18-13-6-5-12(16-17-13)15-9-11-3-2-8-21-11/h2-8H,9H2,1H3,(H,15,16)(H,17,18). The predicted molar refractivity (Wildman–Crippen MR) is 87.9 cm³/mol. The zero-order valence-electron chi connectivity index (χ0n) is 12.2. The van der Waals surface area contributed by atoms with Crippen LogP contribution in [0.1, 0.15) is 10.6 Å². The molecule has 0 aliphatic heterocycles. The first-order valence-corrected chi connectivity index (χ1v) is 9.02. The summed E-state index contributed by atoms with van der Waals surface area (Å²) in [7, 11) is -3.62. The smallest absolute Gasteiger partial charge is 0.272 e. The normalized spacial score (nSPS) is 11.3. The van der Waals surface area contributed by atoms with Gasteiger partial charge in [0, 0.05) is 4.88 Å². The summed E-state index contributed by atoms with van der Waals surface area (Å²) in [6, 6.07) is 10.2. The zero-order chi connectivity index (χ0) is 16.3. The van der Waals surface area contributed by atoms with Gasteiger partial charge >= 0.3 is 0 Å². The second-order valence-corrected chi connectivity index (χ2v) is 7.90. The number of furan rings is 1. The van der Waals surface area contributed by atoms with Gasteiger partial charge in [-0.2, -0.15) is 0 Å². The van der Waals surface area contributed by atoms with Crippen LogP contribution in [0.4, 0.5) is 11.6 Å². The molecule has 0 amide bonds. The van der Waals surface area contributed by atoms with Crippen molar-refractivity contribution in [2.75, 3.05) is 10.0 Å². The summed E-state index contributed by atoms with van der Waals surface area (Å²) >= 11 is 1.20. The molecule has 0 aliphatic carbocycles. The van der Waals surface area contributed by atoms with Crippen LogP contribution in [0.5, 0.6) is 0 Å². The molecule has 120 valence electrons. The Balaban J connectivity index is 1.65. The van der Waals surface area contributed by atoms with Crippen LogP contribution in [0.25, 0.3) is 0 Å². The van der Waals surface area contributed by atoms with Gasteiger partial charge in [0.05, 0.1) is 12.8 Å². The lowest BCUT2D eigenvalue weighted by atomic mass is 10.4. The molecular formula is C14H14N4O3S2. The molecule has 0 saturated carbocycles. The van der Waals surface area contributed by atoms with Gasteiger partial charge in [-0.05, 0) is 43.3 Å². The van der Waals surface area contributed by atoms with E-state index < -0.39 is 10.0 Å². The van der Waals surface area contributed by atoms with Gasteiger partial charge in [-0.25, -0.2) is 8.42 Å². The monoisotopic (exact) mass is 350 g/mol. The molecule has 0 radical (unpaired) electrons. The zero-order valence-corrected chi connectivity index (χ0v) is 13.8. The van der Waals surface area contributed by atoms with Crippen LogP contribution in [0.15, 0.2) is 51.3 Å². The van der Waals surface area contributed by atoms with E-state index in [0.29, 0.717) is 12.4 Å². The van der Waals surface area contributed by atoms with Crippen LogP contribution in [-0.2, 0) is 16.6 Å². The van der Waals surface area contributed by atoms with Crippen LogP contribution >= 0.6 is 11.3 Å². The fourth-order valence-electron chi connectivity index (χ4n) is 1.82. The first-order valence-electron chi connectivity index (χ1n) is 6.72. The largest absolute Gasteiger partial charge is 0.467 e. The summed E-state index contributed by atoms with van der Waals surface area (Å²) in [6.07, 6.45) is 1.59. The maximum absolute atomic E-state index is 12.2. The van der Waals surface area contributed by atoms with E-state index in [2.05, 4.69) is 20.2 Å². The number of nitrogens with one attached hydrogen (secondary N) is 2. The molecule has 0 saturated heterocycles. The van der Waals surface area contributed by atoms with E-state index in [1.807, 2.05) is 13.0 Å². The minimum Gasteiger partial charge on any atom is -0.467 e. The third-order valence-electron chi connectivity index (χ3n) is 2.91. The van der Waals surface area contributed by atoms with E-state index in [1.165, 1.54) is 11.3 Å². The molecule has 3 heterocycles. The quantitative estimate of drug-likeness (QED) is 0.709. The number of sulfonamides is 1. The van der Waals surface area contributed by atoms with Crippen molar-refractivity contribution in [3.63, 3.8) is 0 Å². The molecule has 3 aromatic rings. The fraction of sp³-hybridized carbons (Fsp3) is 0.143. The van der Waals surface area contributed by atoms with E-state index >= 15 is 0 Å². The highest BCUT2D eigenvalue weighted by atomic mass is 32.2. The van der Waals surface area contributed by atoms with Crippen molar-refractivity contribution in [3.8, 4) is 0 Å². The lowest BCUT2D eigenvalue weighted by molar-refractivity contribution is 0.517. The van der Waals surface area contributed by atoms with Crippen molar-refractivity contribution in [1.29, 1.82) is 0 Å². The minimum atomic E-state index is -3.62. The van der Waals surface area contributed by atoms with Gasteiger partial charge < -0.3 is 9.73 Å². The highest BCUT2D eigenvalue weighted by molar-refractivity contribution is 7.94. The number of rotatable bonds is 6. The predicted octanol–water partition coefficient (Wildman–Crippen LogP) is 2.85. The van der Waals surface area contributed by atoms with Crippen LogP contribution in [-0.4, -0.2) is 18.6 Å². The molecule has 0 aromatic carbocycles. The molecule has 0 bridgehead atoms. The molecular weight excluding hydrogens is 336 g/mol. The van der Waals surface area contributed by atoms with Crippen molar-refractivity contribution in [3.05, 3.63) is 53.3 Å². The Bertz CT molecular complexity index is 871. The van der Waals surface area contributed by atoms with Crippen molar-refractivity contribution >= 4 is 33.0 Å². The summed E-state index contributed by atoms with van der Waals surface area (Å²) in [5.41, 5.74) is 0. The second kappa shape index (κ2) is 6.39. The van der Waals surface area contributed by atoms with Crippen molar-refractivity contribution in [2.45, 2.75) is 17.7 Å². The van der Waals surface area contributed by atoms with Gasteiger partial charge in [0.15, 0.2) is 5.82 Å². The van der Waals surface area contributed by atoms with Crippen molar-refractivity contribution in [2.24, 2.45) is 0 Å². The molecule has 0 unspecified atom stereocenters. The first-order chi connectivity index (χ1) is 11.0. The Morgan fingerprint density at radius 2 is 1.91 bits per heavy atom. The van der Waals surface area contributed by atoms with E-state index in [9.17, 15) is 8.42 Å². The van der Waals surface area contributed by atoms with Gasteiger partial charge in [-0.1, -0.05) is 0 Å². The summed E-state index contributed by atoms with van der Waals surface area (Å²) in [6.45, 7) is 2.32. The average molecular weight is 350 g/mol. The Morgan fingerprint density at radius 1 is 1.13 bits per heavy atom. The molecule has 9 heteroatoms. The fourth-order valence-corrected chi connectivity index (χ4v) is 4.10. The van der Waals surface area contributed by atoms with E-state index in [1.54, 1.807) is 36.6 Å². The van der Waals surface area contributed by atoms with E-state index in [0.717, 1.165) is 10.6 Å². The van der Waals surface area contributed by atoms with Gasteiger partial charge in [0.2, 0.25) is 0 Å². The first kappa shape index (κ1) is 15.5. The molecule has 3 rings (SSSR count). The second-order valence-electron chi connectivity index (χ2n) is 4.71. The number of aromatic nitrogens is 2. The number of hydrogen-bond acceptors (Lipinski definition) is 7. The highest BCUT2D eigenvalue weighted by Gasteiger charge is 2.17. The van der Waals surface area contributed by atoms with Gasteiger partial charge in [0.25, 0.3) is 10.0 Å². The summed E-state index contributed by atoms with van der Waals surface area (Å²) < 4.78 is 32.2. The van der Waals surface area contributed by atoms with Crippen LogP contribution in [0.2, 0.25) is 0 Å². The Morgan fingerprint density at radius 3 is 2.52 bits per heavy atom. The lowest BCUT2D eigenvalue weighted by Gasteiger charge is -2.06. The number of thiophene rings is 1. The topological polar surface area (TPSA) is 97.1 Å². The summed E-state index contributed by atoms with van der Waals surface area (Å²) in [4.78, 5) is 0.925. The maximum atomic E-state index is 12.2. The number of nitrogens with zero attached hydrogens (tertiary/aromatic N) is 2. The molecule has 2 N–H and O–H groups in total. The number of hydrogen-bond donors (Lipinski definition) is 2. The van der Waals surface area contributed by atoms with Gasteiger partial charge in [-0.15, -0.1) is 21.5 Å². The van der Waals surface area contributed by atoms with Crippen LogP contribution < -0.4 is 10.0 Å². The maximum Gasteiger partial charge on any atom is 0.272 e. The molecule has 0 atom stereocenters. The molecule has 0 fully saturated rings. The number of anilines is 2. The van der Waals surface area contributed by atoms with Crippen LogP contribution in [0, 0.1) is 6.92 Å². The van der Waals surface area contributed by atoms with E-state index in [-0.39, 0.29) is 10.0 Å². The molecule has 7 nitrogen and oxygen atoms in total.